The molecule has 0 aliphatic carbocycles. The van der Waals surface area contributed by atoms with E-state index in [1.165, 1.54) is 10.4 Å². The third kappa shape index (κ3) is 5.89. The van der Waals surface area contributed by atoms with Gasteiger partial charge in [0.15, 0.2) is 11.6 Å². The second-order valence-corrected chi connectivity index (χ2v) is 16.8. The van der Waals surface area contributed by atoms with E-state index in [-0.39, 0.29) is 11.1 Å². The molecule has 3 aliphatic rings. The maximum absolute atomic E-state index is 7.04. The van der Waals surface area contributed by atoms with Crippen molar-refractivity contribution in [1.29, 1.82) is 0 Å². The molecule has 2 spiro atoms. The molecule has 3 heterocycles. The van der Waals surface area contributed by atoms with Crippen LogP contribution in [0.25, 0.3) is 0 Å². The molecule has 3 aliphatic heterocycles. The van der Waals surface area contributed by atoms with Crippen LogP contribution in [0.2, 0.25) is 5.04 Å². The molecule has 4 nitrogen and oxygen atoms in total. The molecule has 0 amide bonds. The molecule has 0 bridgehead atoms. The normalized spacial score (nSPS) is 29.5. The first-order chi connectivity index (χ1) is 18.8. The predicted octanol–water partition coefficient (Wildman–Crippen LogP) is 6.89. The van der Waals surface area contributed by atoms with E-state index in [0.717, 1.165) is 58.2 Å². The van der Waals surface area contributed by atoms with Crippen LogP contribution in [0.4, 0.5) is 0 Å². The van der Waals surface area contributed by atoms with Crippen LogP contribution in [0, 0.1) is 5.92 Å². The van der Waals surface area contributed by atoms with Crippen LogP contribution in [-0.4, -0.2) is 39.2 Å². The summed E-state index contributed by atoms with van der Waals surface area (Å²) in [6, 6.07) is 21.7. The van der Waals surface area contributed by atoms with Gasteiger partial charge in [-0.05, 0) is 53.6 Å². The zero-order chi connectivity index (χ0) is 27.4. The first kappa shape index (κ1) is 28.5. The Morgan fingerprint density at radius 1 is 1.00 bits per heavy atom. The summed E-state index contributed by atoms with van der Waals surface area (Å²) in [5, 5.41) is 2.66. The summed E-state index contributed by atoms with van der Waals surface area (Å²) in [5.41, 5.74) is 0. The van der Waals surface area contributed by atoms with Gasteiger partial charge < -0.3 is 18.6 Å². The van der Waals surface area contributed by atoms with Crippen molar-refractivity contribution in [2.45, 2.75) is 95.4 Å². The van der Waals surface area contributed by atoms with Gasteiger partial charge in [-0.15, -0.1) is 0 Å². The van der Waals surface area contributed by atoms with E-state index in [4.69, 9.17) is 18.6 Å². The number of hydrogen-bond donors (Lipinski definition) is 0. The quantitative estimate of drug-likeness (QED) is 0.205. The average molecular weight is 547 g/mol. The Morgan fingerprint density at radius 2 is 1.69 bits per heavy atom. The molecule has 210 valence electrons. The number of benzene rings is 2. The molecule has 2 fully saturated rings. The largest absolute Gasteiger partial charge is 0.407 e. The Bertz CT molecular complexity index is 1090. The van der Waals surface area contributed by atoms with Gasteiger partial charge in [0.25, 0.3) is 8.32 Å². The van der Waals surface area contributed by atoms with E-state index in [0.29, 0.717) is 5.92 Å². The summed E-state index contributed by atoms with van der Waals surface area (Å²) in [6.45, 7) is 10.7. The van der Waals surface area contributed by atoms with Gasteiger partial charge >= 0.3 is 0 Å². The SMILES string of the molecule is C[C@H]1CCCO[C@@]12CC[C@]1(C=CC[C@@H](/C=C/CCCO[Si](c3ccccc3)(c3ccccc3)C(C)(C)C)O1)O2. The van der Waals surface area contributed by atoms with Crippen LogP contribution in [0.5, 0.6) is 0 Å². The van der Waals surface area contributed by atoms with Gasteiger partial charge in [0.2, 0.25) is 0 Å². The van der Waals surface area contributed by atoms with E-state index in [2.05, 4.69) is 113 Å². The maximum atomic E-state index is 7.04. The number of unbranched alkanes of at least 4 members (excludes halogenated alkanes) is 1. The minimum Gasteiger partial charge on any atom is -0.407 e. The number of ether oxygens (including phenoxy) is 3. The Morgan fingerprint density at radius 3 is 2.33 bits per heavy atom. The van der Waals surface area contributed by atoms with Crippen LogP contribution in [0.1, 0.15) is 72.6 Å². The lowest BCUT2D eigenvalue weighted by molar-refractivity contribution is -0.336. The van der Waals surface area contributed by atoms with Crippen molar-refractivity contribution in [2.24, 2.45) is 5.92 Å². The Balaban J connectivity index is 1.20. The molecule has 39 heavy (non-hydrogen) atoms. The molecule has 0 aromatic heterocycles. The standard InChI is InChI=1S/C34H46O4Si/c1-28-16-15-26-35-34(28)25-24-33(38-34)23-14-18-29(37-33)17-8-7-13-27-36-39(32(2,3)4,30-19-9-5-10-20-30)31-21-11-6-12-22-31/h5-6,8-12,14,17,19-23,28-29H,7,13,15-16,18,24-27H2,1-4H3/b17-8+/t28-,29+,33-,34+/m0/s1. The summed E-state index contributed by atoms with van der Waals surface area (Å²) in [7, 11) is -2.48. The predicted molar refractivity (Wildman–Crippen MR) is 161 cm³/mol. The Labute approximate surface area is 236 Å². The molecule has 5 rings (SSSR count). The highest BCUT2D eigenvalue weighted by molar-refractivity contribution is 6.99. The van der Waals surface area contributed by atoms with Crippen LogP contribution in [-0.2, 0) is 18.6 Å². The Kier molecular flexibility index (Phi) is 8.65. The molecular formula is C34H46O4Si. The molecule has 4 atom stereocenters. The van der Waals surface area contributed by atoms with E-state index in [9.17, 15) is 0 Å². The van der Waals surface area contributed by atoms with Crippen molar-refractivity contribution in [3.63, 3.8) is 0 Å². The van der Waals surface area contributed by atoms with E-state index in [1.54, 1.807) is 0 Å². The lowest BCUT2D eigenvalue weighted by atomic mass is 9.90. The summed E-state index contributed by atoms with van der Waals surface area (Å²) < 4.78 is 26.3. The maximum Gasteiger partial charge on any atom is 0.261 e. The summed E-state index contributed by atoms with van der Waals surface area (Å²) >= 11 is 0. The van der Waals surface area contributed by atoms with Gasteiger partial charge in [0.1, 0.15) is 0 Å². The van der Waals surface area contributed by atoms with Crippen LogP contribution < -0.4 is 10.4 Å². The Hall–Kier alpha value is -2.02. The molecule has 2 aromatic carbocycles. The van der Waals surface area contributed by atoms with E-state index < -0.39 is 19.9 Å². The first-order valence-electron chi connectivity index (χ1n) is 14.9. The second-order valence-electron chi connectivity index (χ2n) is 12.5. The fraction of sp³-hybridized carbons (Fsp3) is 0.529. The zero-order valence-electron chi connectivity index (χ0n) is 24.2. The van der Waals surface area contributed by atoms with E-state index in [1.807, 2.05) is 0 Å². The van der Waals surface area contributed by atoms with Gasteiger partial charge in [-0.3, -0.25) is 0 Å². The molecule has 0 radical (unpaired) electrons. The smallest absolute Gasteiger partial charge is 0.261 e. The minimum atomic E-state index is -2.48. The fourth-order valence-corrected chi connectivity index (χ4v) is 11.3. The lowest BCUT2D eigenvalue weighted by Gasteiger charge is -2.43. The molecule has 5 heteroatoms. The van der Waals surface area contributed by atoms with Gasteiger partial charge in [-0.2, -0.15) is 0 Å². The van der Waals surface area contributed by atoms with Gasteiger partial charge in [-0.1, -0.05) is 107 Å². The van der Waals surface area contributed by atoms with Gasteiger partial charge in [0.05, 0.1) is 12.7 Å². The fourth-order valence-electron chi connectivity index (χ4n) is 6.67. The highest BCUT2D eigenvalue weighted by atomic mass is 28.4. The molecule has 2 saturated heterocycles. The summed E-state index contributed by atoms with van der Waals surface area (Å²) in [6.07, 6.45) is 15.7. The molecular weight excluding hydrogens is 500 g/mol. The zero-order valence-corrected chi connectivity index (χ0v) is 25.2. The van der Waals surface area contributed by atoms with Crippen molar-refractivity contribution in [1.82, 2.24) is 0 Å². The second kappa shape index (κ2) is 11.8. The molecule has 0 unspecified atom stereocenters. The monoisotopic (exact) mass is 546 g/mol. The number of allylic oxidation sites excluding steroid dienone is 1. The van der Waals surface area contributed by atoms with Gasteiger partial charge in [0, 0.05) is 25.4 Å². The third-order valence-corrected chi connectivity index (χ3v) is 13.8. The lowest BCUT2D eigenvalue weighted by Crippen LogP contribution is -2.66. The van der Waals surface area contributed by atoms with Crippen LogP contribution in [0.3, 0.4) is 0 Å². The molecule has 2 aromatic rings. The van der Waals surface area contributed by atoms with Crippen molar-refractivity contribution < 1.29 is 18.6 Å². The van der Waals surface area contributed by atoms with Crippen molar-refractivity contribution in [3.05, 3.63) is 85.0 Å². The van der Waals surface area contributed by atoms with Crippen molar-refractivity contribution in [2.75, 3.05) is 13.2 Å². The summed E-state index contributed by atoms with van der Waals surface area (Å²) in [4.78, 5) is 0. The van der Waals surface area contributed by atoms with Crippen molar-refractivity contribution >= 4 is 18.7 Å². The number of hydrogen-bond acceptors (Lipinski definition) is 4. The number of rotatable bonds is 8. The topological polar surface area (TPSA) is 36.9 Å². The van der Waals surface area contributed by atoms with Crippen molar-refractivity contribution in [3.8, 4) is 0 Å². The molecule has 0 N–H and O–H groups in total. The highest BCUT2D eigenvalue weighted by Gasteiger charge is 2.55. The van der Waals surface area contributed by atoms with Gasteiger partial charge in [-0.25, -0.2) is 0 Å². The van der Waals surface area contributed by atoms with Crippen LogP contribution >= 0.6 is 0 Å². The molecule has 0 saturated carbocycles. The highest BCUT2D eigenvalue weighted by Crippen LogP contribution is 2.49. The third-order valence-electron chi connectivity index (χ3n) is 8.74. The first-order valence-corrected chi connectivity index (χ1v) is 16.8. The summed E-state index contributed by atoms with van der Waals surface area (Å²) in [5.74, 6) is -0.730. The average Bonchev–Trinajstić information content (AvgIpc) is 3.28. The van der Waals surface area contributed by atoms with Crippen LogP contribution in [0.15, 0.2) is 85.0 Å². The minimum absolute atomic E-state index is 0.000323. The van der Waals surface area contributed by atoms with E-state index >= 15 is 0 Å².